The van der Waals surface area contributed by atoms with Crippen molar-refractivity contribution in [2.45, 2.75) is 0 Å². The molecule has 3 N–H and O–H groups in total. The number of morpholine rings is 1. The second-order valence-corrected chi connectivity index (χ2v) is 3.68. The fourth-order valence-electron chi connectivity index (χ4n) is 1.75. The predicted molar refractivity (Wildman–Crippen MR) is 60.8 cm³/mol. The Labute approximate surface area is 93.4 Å². The second kappa shape index (κ2) is 4.40. The zero-order chi connectivity index (χ0) is 11.5. The van der Waals surface area contributed by atoms with Crippen LogP contribution in [0.15, 0.2) is 18.2 Å². The number of hydrogen-bond donors (Lipinski definition) is 2. The van der Waals surface area contributed by atoms with Crippen molar-refractivity contribution >= 4 is 17.3 Å². The van der Waals surface area contributed by atoms with Gasteiger partial charge in [0.1, 0.15) is 0 Å². The molecule has 2 rings (SSSR count). The summed E-state index contributed by atoms with van der Waals surface area (Å²) in [7, 11) is 0. The van der Waals surface area contributed by atoms with Crippen LogP contribution in [0.25, 0.3) is 0 Å². The number of hydrogen-bond acceptors (Lipinski definition) is 4. The summed E-state index contributed by atoms with van der Waals surface area (Å²) in [5.41, 5.74) is 7.49. The van der Waals surface area contributed by atoms with Crippen LogP contribution in [0.3, 0.4) is 0 Å². The first-order chi connectivity index (χ1) is 7.68. The van der Waals surface area contributed by atoms with Crippen molar-refractivity contribution in [2.75, 3.05) is 36.9 Å². The number of nitrogens with two attached hydrogens (primary N) is 1. The van der Waals surface area contributed by atoms with Gasteiger partial charge in [0.15, 0.2) is 0 Å². The Kier molecular flexibility index (Phi) is 2.96. The summed E-state index contributed by atoms with van der Waals surface area (Å²) >= 11 is 0. The first kappa shape index (κ1) is 10.8. The van der Waals surface area contributed by atoms with E-state index in [2.05, 4.69) is 0 Å². The number of nitrogens with zero attached hydrogens (tertiary/aromatic N) is 1. The van der Waals surface area contributed by atoms with Gasteiger partial charge >= 0.3 is 5.97 Å². The molecule has 1 aliphatic rings. The van der Waals surface area contributed by atoms with Gasteiger partial charge in [0, 0.05) is 13.1 Å². The highest BCUT2D eigenvalue weighted by molar-refractivity contribution is 5.90. The van der Waals surface area contributed by atoms with Crippen LogP contribution in [0.5, 0.6) is 0 Å². The van der Waals surface area contributed by atoms with E-state index in [-0.39, 0.29) is 5.56 Å². The van der Waals surface area contributed by atoms with Crippen LogP contribution < -0.4 is 10.6 Å². The minimum absolute atomic E-state index is 0.260. The maximum atomic E-state index is 10.9. The molecule has 1 aromatic rings. The van der Waals surface area contributed by atoms with Gasteiger partial charge in [0.25, 0.3) is 0 Å². The van der Waals surface area contributed by atoms with Crippen molar-refractivity contribution in [3.63, 3.8) is 0 Å². The second-order valence-electron chi connectivity index (χ2n) is 3.68. The Balaban J connectivity index is 2.30. The minimum atomic E-state index is -0.936. The molecule has 5 nitrogen and oxygen atoms in total. The number of carbonyl (C=O) groups is 1. The number of benzene rings is 1. The maximum absolute atomic E-state index is 10.9. The SMILES string of the molecule is Nc1ccc(C(=O)O)cc1N1CCOCC1. The highest BCUT2D eigenvalue weighted by Crippen LogP contribution is 2.25. The van der Waals surface area contributed by atoms with Crippen LogP contribution in [0.1, 0.15) is 10.4 Å². The number of carboxylic acid groups (broad SMARTS) is 1. The fourth-order valence-corrected chi connectivity index (χ4v) is 1.75. The van der Waals surface area contributed by atoms with E-state index in [9.17, 15) is 4.79 Å². The lowest BCUT2D eigenvalue weighted by Gasteiger charge is -2.30. The molecule has 5 heteroatoms. The smallest absolute Gasteiger partial charge is 0.335 e. The van der Waals surface area contributed by atoms with E-state index in [1.807, 2.05) is 4.90 Å². The van der Waals surface area contributed by atoms with E-state index in [1.54, 1.807) is 12.1 Å². The van der Waals surface area contributed by atoms with Gasteiger partial charge in [-0.2, -0.15) is 0 Å². The van der Waals surface area contributed by atoms with Gasteiger partial charge in [-0.15, -0.1) is 0 Å². The summed E-state index contributed by atoms with van der Waals surface area (Å²) in [6.45, 7) is 2.79. The molecule has 0 radical (unpaired) electrons. The zero-order valence-electron chi connectivity index (χ0n) is 8.85. The predicted octanol–water partition coefficient (Wildman–Crippen LogP) is 0.804. The normalized spacial score (nSPS) is 16.1. The van der Waals surface area contributed by atoms with Gasteiger partial charge in [-0.1, -0.05) is 0 Å². The molecule has 1 aliphatic heterocycles. The standard InChI is InChI=1S/C11H14N2O3/c12-9-2-1-8(11(14)15)7-10(9)13-3-5-16-6-4-13/h1-2,7H,3-6,12H2,(H,14,15). The average molecular weight is 222 g/mol. The molecule has 1 aromatic carbocycles. The van der Waals surface area contributed by atoms with Crippen LogP contribution >= 0.6 is 0 Å². The summed E-state index contributed by atoms with van der Waals surface area (Å²) < 4.78 is 5.24. The third kappa shape index (κ3) is 2.09. The molecule has 0 aromatic heterocycles. The van der Waals surface area contributed by atoms with Crippen LogP contribution in [-0.4, -0.2) is 37.4 Å². The lowest BCUT2D eigenvalue weighted by molar-refractivity contribution is 0.0697. The number of anilines is 2. The first-order valence-corrected chi connectivity index (χ1v) is 5.14. The molecule has 1 heterocycles. The molecule has 0 aliphatic carbocycles. The van der Waals surface area contributed by atoms with E-state index < -0.39 is 5.97 Å². The number of aromatic carboxylic acids is 1. The third-order valence-electron chi connectivity index (χ3n) is 2.63. The van der Waals surface area contributed by atoms with Crippen LogP contribution in [0.4, 0.5) is 11.4 Å². The summed E-state index contributed by atoms with van der Waals surface area (Å²) in [6.07, 6.45) is 0. The Hall–Kier alpha value is -1.75. The van der Waals surface area contributed by atoms with Crippen LogP contribution in [0, 0.1) is 0 Å². The van der Waals surface area contributed by atoms with Crippen molar-refractivity contribution in [2.24, 2.45) is 0 Å². The molecule has 86 valence electrons. The Morgan fingerprint density at radius 1 is 1.38 bits per heavy atom. The highest BCUT2D eigenvalue weighted by Gasteiger charge is 2.15. The Bertz CT molecular complexity index is 400. The van der Waals surface area contributed by atoms with Crippen LogP contribution in [0.2, 0.25) is 0 Å². The summed E-state index contributed by atoms with van der Waals surface area (Å²) in [5, 5.41) is 8.91. The number of rotatable bonds is 2. The summed E-state index contributed by atoms with van der Waals surface area (Å²) in [4.78, 5) is 12.9. The zero-order valence-corrected chi connectivity index (χ0v) is 8.85. The van der Waals surface area contributed by atoms with E-state index >= 15 is 0 Å². The number of nitrogen functional groups attached to an aromatic ring is 1. The van der Waals surface area contributed by atoms with Gasteiger partial charge in [-0.25, -0.2) is 4.79 Å². The van der Waals surface area contributed by atoms with Crippen molar-refractivity contribution in [3.8, 4) is 0 Å². The Morgan fingerprint density at radius 3 is 2.69 bits per heavy atom. The van der Waals surface area contributed by atoms with Gasteiger partial charge in [0.2, 0.25) is 0 Å². The van der Waals surface area contributed by atoms with Crippen molar-refractivity contribution < 1.29 is 14.6 Å². The maximum Gasteiger partial charge on any atom is 0.335 e. The number of ether oxygens (including phenoxy) is 1. The minimum Gasteiger partial charge on any atom is -0.478 e. The number of carboxylic acids is 1. The van der Waals surface area contributed by atoms with Crippen molar-refractivity contribution in [1.82, 2.24) is 0 Å². The van der Waals surface area contributed by atoms with Crippen molar-refractivity contribution in [3.05, 3.63) is 23.8 Å². The molecular formula is C11H14N2O3. The van der Waals surface area contributed by atoms with E-state index in [4.69, 9.17) is 15.6 Å². The van der Waals surface area contributed by atoms with Crippen LogP contribution in [-0.2, 0) is 4.74 Å². The molecule has 1 fully saturated rings. The van der Waals surface area contributed by atoms with E-state index in [1.165, 1.54) is 6.07 Å². The largest absolute Gasteiger partial charge is 0.478 e. The Morgan fingerprint density at radius 2 is 2.06 bits per heavy atom. The van der Waals surface area contributed by atoms with E-state index in [0.29, 0.717) is 18.9 Å². The molecule has 0 atom stereocenters. The quantitative estimate of drug-likeness (QED) is 0.724. The van der Waals surface area contributed by atoms with Crippen molar-refractivity contribution in [1.29, 1.82) is 0 Å². The highest BCUT2D eigenvalue weighted by atomic mass is 16.5. The average Bonchev–Trinajstić information content (AvgIpc) is 2.30. The van der Waals surface area contributed by atoms with Gasteiger partial charge in [-0.05, 0) is 18.2 Å². The molecule has 0 amide bonds. The third-order valence-corrected chi connectivity index (χ3v) is 2.63. The summed E-state index contributed by atoms with van der Waals surface area (Å²) in [6, 6.07) is 4.76. The lowest BCUT2D eigenvalue weighted by Crippen LogP contribution is -2.36. The summed E-state index contributed by atoms with van der Waals surface area (Å²) in [5.74, 6) is -0.936. The molecule has 1 saturated heterocycles. The van der Waals surface area contributed by atoms with Gasteiger partial charge in [0.05, 0.1) is 30.2 Å². The molecule has 0 saturated carbocycles. The monoisotopic (exact) mass is 222 g/mol. The molecule has 16 heavy (non-hydrogen) atoms. The molecular weight excluding hydrogens is 208 g/mol. The lowest BCUT2D eigenvalue weighted by atomic mass is 10.1. The first-order valence-electron chi connectivity index (χ1n) is 5.14. The fraction of sp³-hybridized carbons (Fsp3) is 0.364. The van der Waals surface area contributed by atoms with Gasteiger partial charge in [-0.3, -0.25) is 0 Å². The van der Waals surface area contributed by atoms with Gasteiger partial charge < -0.3 is 20.5 Å². The molecule has 0 bridgehead atoms. The van der Waals surface area contributed by atoms with E-state index in [0.717, 1.165) is 18.8 Å². The molecule has 0 unspecified atom stereocenters. The topological polar surface area (TPSA) is 75.8 Å². The molecule has 0 spiro atoms.